The second kappa shape index (κ2) is 6.74. The Balaban J connectivity index is 1.71. The van der Waals surface area contributed by atoms with Crippen LogP contribution in [0.3, 0.4) is 0 Å². The third-order valence-corrected chi connectivity index (χ3v) is 3.38. The van der Waals surface area contributed by atoms with Gasteiger partial charge in [-0.15, -0.1) is 0 Å². The Morgan fingerprint density at radius 1 is 1.35 bits per heavy atom. The molecule has 1 fully saturated rings. The second-order valence-corrected chi connectivity index (χ2v) is 6.67. The maximum absolute atomic E-state index is 5.97. The lowest BCUT2D eigenvalue weighted by molar-refractivity contribution is 0.0161. The van der Waals surface area contributed by atoms with Gasteiger partial charge in [0.15, 0.2) is 0 Å². The first-order valence-corrected chi connectivity index (χ1v) is 7.44. The summed E-state index contributed by atoms with van der Waals surface area (Å²) in [5.41, 5.74) is 0.129. The Hall–Kier alpha value is -0.840. The van der Waals surface area contributed by atoms with E-state index in [9.17, 15) is 0 Å². The van der Waals surface area contributed by atoms with E-state index >= 15 is 0 Å². The van der Waals surface area contributed by atoms with Crippen LogP contribution in [0.5, 0.6) is 5.75 Å². The predicted octanol–water partition coefficient (Wildman–Crippen LogP) is 3.05. The van der Waals surface area contributed by atoms with Crippen molar-refractivity contribution in [2.24, 2.45) is 0 Å². The van der Waals surface area contributed by atoms with E-state index in [2.05, 4.69) is 31.1 Å². The van der Waals surface area contributed by atoms with Gasteiger partial charge in [0.25, 0.3) is 0 Å². The topological polar surface area (TPSA) is 43.4 Å². The lowest BCUT2D eigenvalue weighted by Gasteiger charge is -2.23. The number of ether oxygens (including phenoxy) is 2. The van der Waals surface area contributed by atoms with Crippen LogP contribution < -0.4 is 10.1 Å². The summed E-state index contributed by atoms with van der Waals surface area (Å²) in [6, 6.07) is 1.77. The highest BCUT2D eigenvalue weighted by Gasteiger charge is 2.26. The summed E-state index contributed by atoms with van der Waals surface area (Å²) in [6.07, 6.45) is 5.80. The van der Waals surface area contributed by atoms with Crippen molar-refractivity contribution >= 4 is 11.6 Å². The van der Waals surface area contributed by atoms with E-state index in [1.54, 1.807) is 18.5 Å². The van der Waals surface area contributed by atoms with Crippen LogP contribution in [0, 0.1) is 0 Å². The molecular weight excluding hydrogens is 276 g/mol. The number of hydrogen-bond acceptors (Lipinski definition) is 4. The molecule has 0 bridgehead atoms. The summed E-state index contributed by atoms with van der Waals surface area (Å²) in [6.45, 7) is 7.92. The SMILES string of the molecule is CC(C)(C)NCC1CCC(COc2cncc(Cl)c2)O1. The molecule has 20 heavy (non-hydrogen) atoms. The summed E-state index contributed by atoms with van der Waals surface area (Å²) in [7, 11) is 0. The third-order valence-electron chi connectivity index (χ3n) is 3.17. The summed E-state index contributed by atoms with van der Waals surface area (Å²) in [4.78, 5) is 3.99. The van der Waals surface area contributed by atoms with Gasteiger partial charge < -0.3 is 14.8 Å². The fourth-order valence-corrected chi connectivity index (χ4v) is 2.30. The van der Waals surface area contributed by atoms with E-state index < -0.39 is 0 Å². The first kappa shape index (κ1) is 15.5. The summed E-state index contributed by atoms with van der Waals surface area (Å²) >= 11 is 5.87. The van der Waals surface area contributed by atoms with E-state index in [1.807, 2.05) is 0 Å². The molecule has 1 aliphatic rings. The minimum Gasteiger partial charge on any atom is -0.489 e. The zero-order chi connectivity index (χ0) is 14.6. The van der Waals surface area contributed by atoms with Gasteiger partial charge in [0.1, 0.15) is 12.4 Å². The van der Waals surface area contributed by atoms with Gasteiger partial charge in [-0.25, -0.2) is 0 Å². The zero-order valence-electron chi connectivity index (χ0n) is 12.4. The van der Waals surface area contributed by atoms with Crippen LogP contribution in [-0.4, -0.2) is 35.9 Å². The zero-order valence-corrected chi connectivity index (χ0v) is 13.1. The first-order chi connectivity index (χ1) is 9.42. The van der Waals surface area contributed by atoms with E-state index in [0.717, 1.165) is 19.4 Å². The lowest BCUT2D eigenvalue weighted by atomic mass is 10.1. The maximum atomic E-state index is 5.97. The quantitative estimate of drug-likeness (QED) is 0.907. The van der Waals surface area contributed by atoms with Gasteiger partial charge in [0.2, 0.25) is 0 Å². The van der Waals surface area contributed by atoms with Crippen LogP contribution in [0.15, 0.2) is 18.5 Å². The smallest absolute Gasteiger partial charge is 0.139 e. The minimum atomic E-state index is 0.129. The molecule has 1 aromatic heterocycles. The fraction of sp³-hybridized carbons (Fsp3) is 0.667. The Morgan fingerprint density at radius 2 is 2.10 bits per heavy atom. The van der Waals surface area contributed by atoms with Gasteiger partial charge in [-0.2, -0.15) is 0 Å². The van der Waals surface area contributed by atoms with Crippen LogP contribution in [-0.2, 0) is 4.74 Å². The van der Waals surface area contributed by atoms with E-state index in [1.165, 1.54) is 0 Å². The number of halogens is 1. The molecule has 4 nitrogen and oxygen atoms in total. The summed E-state index contributed by atoms with van der Waals surface area (Å²) < 4.78 is 11.6. The van der Waals surface area contributed by atoms with Gasteiger partial charge in [0, 0.05) is 24.3 Å². The van der Waals surface area contributed by atoms with Crippen LogP contribution in [0.4, 0.5) is 0 Å². The molecule has 1 aliphatic heterocycles. The van der Waals surface area contributed by atoms with E-state index in [4.69, 9.17) is 21.1 Å². The molecule has 1 saturated heterocycles. The molecule has 112 valence electrons. The highest BCUT2D eigenvalue weighted by atomic mass is 35.5. The minimum absolute atomic E-state index is 0.129. The normalized spacial score (nSPS) is 23.0. The molecule has 2 heterocycles. The van der Waals surface area contributed by atoms with E-state index in [-0.39, 0.29) is 17.7 Å². The van der Waals surface area contributed by atoms with Crippen molar-refractivity contribution in [3.05, 3.63) is 23.5 Å². The number of hydrogen-bond donors (Lipinski definition) is 1. The van der Waals surface area contributed by atoms with Gasteiger partial charge in [-0.05, 0) is 33.6 Å². The molecule has 0 amide bonds. The highest BCUT2D eigenvalue weighted by molar-refractivity contribution is 6.30. The van der Waals surface area contributed by atoms with Crippen molar-refractivity contribution in [3.8, 4) is 5.75 Å². The maximum Gasteiger partial charge on any atom is 0.139 e. The first-order valence-electron chi connectivity index (χ1n) is 7.06. The molecule has 0 aliphatic carbocycles. The average molecular weight is 299 g/mol. The van der Waals surface area contributed by atoms with Crippen molar-refractivity contribution in [3.63, 3.8) is 0 Å². The standard InChI is InChI=1S/C15H23ClN2O2/c1-15(2,3)18-9-12-4-5-13(20-12)10-19-14-6-11(16)7-17-8-14/h6-8,12-13,18H,4-5,9-10H2,1-3H3. The van der Waals surface area contributed by atoms with Crippen LogP contribution in [0.2, 0.25) is 5.02 Å². The monoisotopic (exact) mass is 298 g/mol. The molecule has 0 radical (unpaired) electrons. The van der Waals surface area contributed by atoms with Gasteiger partial charge >= 0.3 is 0 Å². The molecular formula is C15H23ClN2O2. The number of rotatable bonds is 5. The van der Waals surface area contributed by atoms with Crippen molar-refractivity contribution in [2.45, 2.75) is 51.4 Å². The molecule has 0 aromatic carbocycles. The number of pyridine rings is 1. The number of nitrogens with zero attached hydrogens (tertiary/aromatic N) is 1. The molecule has 5 heteroatoms. The molecule has 0 spiro atoms. The van der Waals surface area contributed by atoms with Crippen LogP contribution in [0.25, 0.3) is 0 Å². The number of nitrogens with one attached hydrogen (secondary N) is 1. The molecule has 0 saturated carbocycles. The molecule has 1 aromatic rings. The fourth-order valence-electron chi connectivity index (χ4n) is 2.13. The molecule has 2 atom stereocenters. The van der Waals surface area contributed by atoms with Gasteiger partial charge in [0.05, 0.1) is 23.4 Å². The van der Waals surface area contributed by atoms with Crippen molar-refractivity contribution in [1.29, 1.82) is 0 Å². The highest BCUT2D eigenvalue weighted by Crippen LogP contribution is 2.22. The Labute approximate surface area is 125 Å². The van der Waals surface area contributed by atoms with Gasteiger partial charge in [-0.3, -0.25) is 4.98 Å². The largest absolute Gasteiger partial charge is 0.489 e. The Bertz CT molecular complexity index is 434. The van der Waals surface area contributed by atoms with Crippen molar-refractivity contribution in [1.82, 2.24) is 10.3 Å². The molecule has 1 N–H and O–H groups in total. The molecule has 2 unspecified atom stereocenters. The van der Waals surface area contributed by atoms with Crippen LogP contribution in [0.1, 0.15) is 33.6 Å². The molecule has 2 rings (SSSR count). The average Bonchev–Trinajstić information content (AvgIpc) is 2.81. The Morgan fingerprint density at radius 3 is 2.80 bits per heavy atom. The van der Waals surface area contributed by atoms with Crippen molar-refractivity contribution < 1.29 is 9.47 Å². The predicted molar refractivity (Wildman–Crippen MR) is 80.4 cm³/mol. The van der Waals surface area contributed by atoms with Crippen molar-refractivity contribution in [2.75, 3.05) is 13.2 Å². The number of aromatic nitrogens is 1. The third kappa shape index (κ3) is 5.27. The summed E-state index contributed by atoms with van der Waals surface area (Å²) in [5, 5.41) is 4.06. The Kier molecular flexibility index (Phi) is 5.24. The summed E-state index contributed by atoms with van der Waals surface area (Å²) in [5.74, 6) is 0.692. The van der Waals surface area contributed by atoms with Gasteiger partial charge in [-0.1, -0.05) is 11.6 Å². The lowest BCUT2D eigenvalue weighted by Crippen LogP contribution is -2.41. The second-order valence-electron chi connectivity index (χ2n) is 6.24. The van der Waals surface area contributed by atoms with E-state index in [0.29, 0.717) is 17.4 Å². The van der Waals surface area contributed by atoms with Crippen LogP contribution >= 0.6 is 11.6 Å².